The molecule has 0 radical (unpaired) electrons. The number of aryl methyl sites for hydroxylation is 1. The SMILES string of the molecule is CCc1nc(N)cc(NCC(=O)N(CC)CC)n1. The van der Waals surface area contributed by atoms with Gasteiger partial charge in [-0.25, -0.2) is 9.97 Å². The molecule has 1 amide bonds. The van der Waals surface area contributed by atoms with Crippen molar-refractivity contribution < 1.29 is 4.79 Å². The van der Waals surface area contributed by atoms with E-state index < -0.39 is 0 Å². The standard InChI is InChI=1S/C12H21N5O/c1-4-10-15-9(13)7-11(16-10)14-8-12(18)17(5-2)6-3/h7H,4-6,8H2,1-3H3,(H3,13,14,15,16). The van der Waals surface area contributed by atoms with Crippen molar-refractivity contribution in [2.75, 3.05) is 30.7 Å². The Kier molecular flexibility index (Phi) is 5.35. The fraction of sp³-hybridized carbons (Fsp3) is 0.583. The highest BCUT2D eigenvalue weighted by atomic mass is 16.2. The summed E-state index contributed by atoms with van der Waals surface area (Å²) in [6.45, 7) is 7.52. The predicted octanol–water partition coefficient (Wildman–Crippen LogP) is 0.901. The van der Waals surface area contributed by atoms with Crippen LogP contribution in [0.4, 0.5) is 11.6 Å². The maximum atomic E-state index is 11.8. The van der Waals surface area contributed by atoms with Crippen molar-refractivity contribution in [3.05, 3.63) is 11.9 Å². The Balaban J connectivity index is 2.63. The van der Waals surface area contributed by atoms with Crippen LogP contribution in [0.15, 0.2) is 6.07 Å². The quantitative estimate of drug-likeness (QED) is 0.784. The van der Waals surface area contributed by atoms with E-state index in [9.17, 15) is 4.79 Å². The van der Waals surface area contributed by atoms with E-state index in [1.54, 1.807) is 11.0 Å². The lowest BCUT2D eigenvalue weighted by Gasteiger charge is -2.19. The molecule has 0 unspecified atom stereocenters. The number of nitrogens with two attached hydrogens (primary N) is 1. The van der Waals surface area contributed by atoms with Crippen molar-refractivity contribution in [1.82, 2.24) is 14.9 Å². The number of carbonyl (C=O) groups is 1. The number of amides is 1. The topological polar surface area (TPSA) is 84.1 Å². The van der Waals surface area contributed by atoms with E-state index in [-0.39, 0.29) is 12.5 Å². The van der Waals surface area contributed by atoms with E-state index in [1.807, 2.05) is 20.8 Å². The van der Waals surface area contributed by atoms with Crippen LogP contribution in [0.2, 0.25) is 0 Å². The third-order valence-corrected chi connectivity index (χ3v) is 2.65. The summed E-state index contributed by atoms with van der Waals surface area (Å²) in [6.07, 6.45) is 0.712. The monoisotopic (exact) mass is 251 g/mol. The molecule has 0 spiro atoms. The largest absolute Gasteiger partial charge is 0.384 e. The second-order valence-corrected chi connectivity index (χ2v) is 3.87. The van der Waals surface area contributed by atoms with Crippen molar-refractivity contribution in [3.8, 4) is 0 Å². The number of rotatable bonds is 6. The number of hydrogen-bond donors (Lipinski definition) is 2. The molecular formula is C12H21N5O. The van der Waals surface area contributed by atoms with Gasteiger partial charge in [0.05, 0.1) is 6.54 Å². The van der Waals surface area contributed by atoms with Gasteiger partial charge in [0.1, 0.15) is 17.5 Å². The summed E-state index contributed by atoms with van der Waals surface area (Å²) < 4.78 is 0. The van der Waals surface area contributed by atoms with Crippen LogP contribution in [0.25, 0.3) is 0 Å². The van der Waals surface area contributed by atoms with Gasteiger partial charge in [0, 0.05) is 25.6 Å². The van der Waals surface area contributed by atoms with E-state index in [0.29, 0.717) is 37.0 Å². The molecule has 0 aliphatic carbocycles. The summed E-state index contributed by atoms with van der Waals surface area (Å²) in [5, 5.41) is 2.99. The Morgan fingerprint density at radius 1 is 1.33 bits per heavy atom. The van der Waals surface area contributed by atoms with Gasteiger partial charge in [-0.3, -0.25) is 4.79 Å². The second-order valence-electron chi connectivity index (χ2n) is 3.87. The van der Waals surface area contributed by atoms with E-state index in [0.717, 1.165) is 0 Å². The highest BCUT2D eigenvalue weighted by Gasteiger charge is 2.09. The Morgan fingerprint density at radius 3 is 2.56 bits per heavy atom. The Morgan fingerprint density at radius 2 is 2.00 bits per heavy atom. The van der Waals surface area contributed by atoms with Crippen LogP contribution in [0.1, 0.15) is 26.6 Å². The zero-order valence-corrected chi connectivity index (χ0v) is 11.2. The summed E-state index contributed by atoms with van der Waals surface area (Å²) in [5.74, 6) is 1.74. The summed E-state index contributed by atoms with van der Waals surface area (Å²) in [5.41, 5.74) is 5.67. The zero-order chi connectivity index (χ0) is 13.5. The number of carbonyl (C=O) groups excluding carboxylic acids is 1. The molecule has 0 fully saturated rings. The van der Waals surface area contributed by atoms with Crippen LogP contribution >= 0.6 is 0 Å². The van der Waals surface area contributed by atoms with Crippen LogP contribution in [0.5, 0.6) is 0 Å². The number of nitrogens with one attached hydrogen (secondary N) is 1. The van der Waals surface area contributed by atoms with Gasteiger partial charge in [-0.2, -0.15) is 0 Å². The number of likely N-dealkylation sites (N-methyl/N-ethyl adjacent to an activating group) is 1. The number of aromatic nitrogens is 2. The molecule has 1 aromatic rings. The minimum atomic E-state index is 0.0511. The molecule has 0 atom stereocenters. The van der Waals surface area contributed by atoms with Crippen molar-refractivity contribution in [1.29, 1.82) is 0 Å². The minimum Gasteiger partial charge on any atom is -0.384 e. The van der Waals surface area contributed by atoms with Crippen LogP contribution < -0.4 is 11.1 Å². The van der Waals surface area contributed by atoms with Crippen molar-refractivity contribution >= 4 is 17.5 Å². The maximum Gasteiger partial charge on any atom is 0.241 e. The predicted molar refractivity (Wildman–Crippen MR) is 72.2 cm³/mol. The van der Waals surface area contributed by atoms with Crippen molar-refractivity contribution in [3.63, 3.8) is 0 Å². The smallest absolute Gasteiger partial charge is 0.241 e. The lowest BCUT2D eigenvalue weighted by atomic mass is 10.4. The summed E-state index contributed by atoms with van der Waals surface area (Å²) in [7, 11) is 0. The van der Waals surface area contributed by atoms with Gasteiger partial charge in [0.15, 0.2) is 0 Å². The average molecular weight is 251 g/mol. The molecule has 6 heteroatoms. The molecule has 18 heavy (non-hydrogen) atoms. The fourth-order valence-electron chi connectivity index (χ4n) is 1.62. The van der Waals surface area contributed by atoms with Crippen molar-refractivity contribution in [2.24, 2.45) is 0 Å². The third kappa shape index (κ3) is 3.87. The van der Waals surface area contributed by atoms with E-state index in [2.05, 4.69) is 15.3 Å². The molecule has 1 aromatic heterocycles. The fourth-order valence-corrected chi connectivity index (χ4v) is 1.62. The second kappa shape index (κ2) is 6.78. The van der Waals surface area contributed by atoms with Gasteiger partial charge in [-0.05, 0) is 13.8 Å². The Hall–Kier alpha value is -1.85. The molecule has 6 nitrogen and oxygen atoms in total. The highest BCUT2D eigenvalue weighted by Crippen LogP contribution is 2.08. The van der Waals surface area contributed by atoms with Gasteiger partial charge >= 0.3 is 0 Å². The number of nitrogen functional groups attached to an aromatic ring is 1. The minimum absolute atomic E-state index is 0.0511. The molecule has 0 saturated carbocycles. The van der Waals surface area contributed by atoms with E-state index >= 15 is 0 Å². The van der Waals surface area contributed by atoms with E-state index in [4.69, 9.17) is 5.73 Å². The molecule has 0 aromatic carbocycles. The number of hydrogen-bond acceptors (Lipinski definition) is 5. The molecule has 1 rings (SSSR count). The van der Waals surface area contributed by atoms with E-state index in [1.165, 1.54) is 0 Å². The summed E-state index contributed by atoms with van der Waals surface area (Å²) in [4.78, 5) is 21.9. The molecule has 1 heterocycles. The normalized spacial score (nSPS) is 10.2. The van der Waals surface area contributed by atoms with Crippen LogP contribution in [-0.2, 0) is 11.2 Å². The van der Waals surface area contributed by atoms with Crippen LogP contribution in [0, 0.1) is 0 Å². The Bertz CT molecular complexity index is 403. The zero-order valence-electron chi connectivity index (χ0n) is 11.2. The van der Waals surface area contributed by atoms with Crippen molar-refractivity contribution in [2.45, 2.75) is 27.2 Å². The van der Waals surface area contributed by atoms with Gasteiger partial charge in [-0.15, -0.1) is 0 Å². The first-order chi connectivity index (χ1) is 8.60. The molecule has 0 aliphatic heterocycles. The summed E-state index contributed by atoms with van der Waals surface area (Å²) in [6, 6.07) is 1.63. The summed E-state index contributed by atoms with van der Waals surface area (Å²) >= 11 is 0. The first kappa shape index (κ1) is 14.2. The maximum absolute atomic E-state index is 11.8. The van der Waals surface area contributed by atoms with Gasteiger partial charge in [-0.1, -0.05) is 6.92 Å². The first-order valence-electron chi connectivity index (χ1n) is 6.25. The number of anilines is 2. The first-order valence-corrected chi connectivity index (χ1v) is 6.25. The lowest BCUT2D eigenvalue weighted by Crippen LogP contribution is -2.35. The molecule has 0 saturated heterocycles. The molecule has 100 valence electrons. The molecular weight excluding hydrogens is 230 g/mol. The molecule has 3 N–H and O–H groups in total. The molecule has 0 bridgehead atoms. The lowest BCUT2D eigenvalue weighted by molar-refractivity contribution is -0.128. The van der Waals surface area contributed by atoms with Crippen LogP contribution in [0.3, 0.4) is 0 Å². The highest BCUT2D eigenvalue weighted by molar-refractivity contribution is 5.80. The number of nitrogens with zero attached hydrogens (tertiary/aromatic N) is 3. The average Bonchev–Trinajstić information content (AvgIpc) is 2.37. The third-order valence-electron chi connectivity index (χ3n) is 2.65. The van der Waals surface area contributed by atoms with Gasteiger partial charge in [0.2, 0.25) is 5.91 Å². The van der Waals surface area contributed by atoms with Crippen LogP contribution in [-0.4, -0.2) is 40.4 Å². The van der Waals surface area contributed by atoms with Gasteiger partial charge < -0.3 is 16.0 Å². The van der Waals surface area contributed by atoms with Gasteiger partial charge in [0.25, 0.3) is 0 Å². The molecule has 0 aliphatic rings. The Labute approximate surface area is 108 Å².